The van der Waals surface area contributed by atoms with Crippen LogP contribution in [0.2, 0.25) is 0 Å². The third kappa shape index (κ3) is 4.44. The maximum Gasteiger partial charge on any atom is 0.148 e. The molecule has 0 radical (unpaired) electrons. The second kappa shape index (κ2) is 8.75. The number of Topliss-reactive ketones (excluding diaryl/α,β-unsaturated/α-hetero) is 2. The molecule has 1 aliphatic carbocycles. The van der Waals surface area contributed by atoms with E-state index in [0.717, 1.165) is 46.5 Å². The highest BCUT2D eigenvalue weighted by atomic mass is 32.2. The average Bonchev–Trinajstić information content (AvgIpc) is 2.66. The van der Waals surface area contributed by atoms with Gasteiger partial charge in [0.25, 0.3) is 0 Å². The number of carbonyl (C=O) groups is 2. The predicted molar refractivity (Wildman–Crippen MR) is 114 cm³/mol. The van der Waals surface area contributed by atoms with Gasteiger partial charge < -0.3 is 5.73 Å². The van der Waals surface area contributed by atoms with E-state index in [4.69, 9.17) is 5.73 Å². The molecule has 1 saturated carbocycles. The van der Waals surface area contributed by atoms with Crippen molar-refractivity contribution in [3.05, 3.63) is 53.6 Å². The number of aryl methyl sites for hydroxylation is 1. The molecular weight excluding hydrogens is 354 g/mol. The van der Waals surface area contributed by atoms with Gasteiger partial charge in [0.15, 0.2) is 0 Å². The summed E-state index contributed by atoms with van der Waals surface area (Å²) in [5, 5.41) is 0. The fraction of sp³-hybridized carbons (Fsp3) is 0.391. The number of hydrogen-bond donors (Lipinski definition) is 1. The summed E-state index contributed by atoms with van der Waals surface area (Å²) in [6, 6.07) is 13.8. The van der Waals surface area contributed by atoms with Gasteiger partial charge in [-0.25, -0.2) is 0 Å². The Labute approximate surface area is 165 Å². The van der Waals surface area contributed by atoms with Crippen LogP contribution in [0.1, 0.15) is 43.2 Å². The Balaban J connectivity index is 1.92. The molecule has 0 unspecified atom stereocenters. The smallest absolute Gasteiger partial charge is 0.148 e. The Morgan fingerprint density at radius 3 is 2.22 bits per heavy atom. The van der Waals surface area contributed by atoms with Crippen molar-refractivity contribution in [1.29, 1.82) is 0 Å². The van der Waals surface area contributed by atoms with Crippen molar-refractivity contribution >= 4 is 29.0 Å². The molecule has 0 spiro atoms. The van der Waals surface area contributed by atoms with Crippen LogP contribution in [0.5, 0.6) is 0 Å². The Morgan fingerprint density at radius 1 is 1.00 bits per heavy atom. The molecular formula is C23H27NO2S. The lowest BCUT2D eigenvalue weighted by molar-refractivity contribution is -0.133. The van der Waals surface area contributed by atoms with Crippen molar-refractivity contribution < 1.29 is 9.59 Å². The highest BCUT2D eigenvalue weighted by molar-refractivity contribution is 7.98. The second-order valence-electron chi connectivity index (χ2n) is 7.31. The van der Waals surface area contributed by atoms with Gasteiger partial charge in [-0.1, -0.05) is 31.2 Å². The summed E-state index contributed by atoms with van der Waals surface area (Å²) in [5.41, 5.74) is 10.6. The highest BCUT2D eigenvalue weighted by Crippen LogP contribution is 2.36. The maximum absolute atomic E-state index is 12.9. The number of ketones is 2. The van der Waals surface area contributed by atoms with Crippen LogP contribution in [0.4, 0.5) is 5.69 Å². The monoisotopic (exact) mass is 381 g/mol. The SMILES string of the molecule is CCc1ccc(-c2ccc(N)cc2)cc1C1C(=O)CC(CCSC)CC1=O. The van der Waals surface area contributed by atoms with Crippen molar-refractivity contribution in [3.63, 3.8) is 0 Å². The van der Waals surface area contributed by atoms with Crippen LogP contribution in [-0.2, 0) is 16.0 Å². The van der Waals surface area contributed by atoms with Crippen LogP contribution in [0.25, 0.3) is 11.1 Å². The molecule has 3 rings (SSSR count). The van der Waals surface area contributed by atoms with Gasteiger partial charge in [0.05, 0.1) is 0 Å². The number of carbonyl (C=O) groups excluding carboxylic acids is 2. The number of rotatable bonds is 6. The molecule has 2 N–H and O–H groups in total. The van der Waals surface area contributed by atoms with Gasteiger partial charge in [0.2, 0.25) is 0 Å². The summed E-state index contributed by atoms with van der Waals surface area (Å²) >= 11 is 1.77. The van der Waals surface area contributed by atoms with Crippen molar-refractivity contribution in [2.75, 3.05) is 17.7 Å². The fourth-order valence-electron chi connectivity index (χ4n) is 3.93. The molecule has 142 valence electrons. The summed E-state index contributed by atoms with van der Waals surface area (Å²) in [4.78, 5) is 25.8. The first-order chi connectivity index (χ1) is 13.0. The largest absolute Gasteiger partial charge is 0.399 e. The Morgan fingerprint density at radius 2 is 1.63 bits per heavy atom. The quantitative estimate of drug-likeness (QED) is 0.572. The van der Waals surface area contributed by atoms with E-state index in [1.54, 1.807) is 11.8 Å². The van der Waals surface area contributed by atoms with Crippen LogP contribution in [-0.4, -0.2) is 23.6 Å². The summed E-state index contributed by atoms with van der Waals surface area (Å²) in [6.07, 6.45) is 4.85. The van der Waals surface area contributed by atoms with Crippen molar-refractivity contribution in [3.8, 4) is 11.1 Å². The Kier molecular flexibility index (Phi) is 6.38. The van der Waals surface area contributed by atoms with Gasteiger partial charge >= 0.3 is 0 Å². The summed E-state index contributed by atoms with van der Waals surface area (Å²) in [7, 11) is 0. The molecule has 0 saturated heterocycles. The fourth-order valence-corrected chi connectivity index (χ4v) is 4.50. The lowest BCUT2D eigenvalue weighted by Gasteiger charge is -2.28. The standard InChI is InChI=1S/C23H27NO2S/c1-3-16-4-5-18(17-6-8-19(24)9-7-17)14-20(16)23-21(25)12-15(10-11-27-2)13-22(23)26/h4-9,14-15,23H,3,10-13,24H2,1-2H3. The van der Waals surface area contributed by atoms with Crippen molar-refractivity contribution in [2.24, 2.45) is 5.92 Å². The van der Waals surface area contributed by atoms with E-state index >= 15 is 0 Å². The molecule has 3 nitrogen and oxygen atoms in total. The number of anilines is 1. The first-order valence-electron chi connectivity index (χ1n) is 9.56. The van der Waals surface area contributed by atoms with Crippen LogP contribution in [0.3, 0.4) is 0 Å². The molecule has 1 fully saturated rings. The number of hydrogen-bond acceptors (Lipinski definition) is 4. The third-order valence-electron chi connectivity index (χ3n) is 5.44. The van der Waals surface area contributed by atoms with Gasteiger partial charge in [0, 0.05) is 18.5 Å². The number of nitrogen functional groups attached to an aromatic ring is 1. The van der Waals surface area contributed by atoms with Crippen LogP contribution in [0.15, 0.2) is 42.5 Å². The molecule has 2 aromatic rings. The van der Waals surface area contributed by atoms with Gasteiger partial charge in [-0.3, -0.25) is 9.59 Å². The van der Waals surface area contributed by atoms with Crippen molar-refractivity contribution in [1.82, 2.24) is 0 Å². The van der Waals surface area contributed by atoms with Crippen LogP contribution < -0.4 is 5.73 Å². The minimum Gasteiger partial charge on any atom is -0.399 e. The zero-order valence-electron chi connectivity index (χ0n) is 16.0. The van der Waals surface area contributed by atoms with Gasteiger partial charge in [-0.15, -0.1) is 0 Å². The Hall–Kier alpha value is -2.07. The number of benzene rings is 2. The molecule has 0 amide bonds. The highest BCUT2D eigenvalue weighted by Gasteiger charge is 2.37. The minimum atomic E-state index is -0.598. The number of nitrogens with two attached hydrogens (primary N) is 1. The van der Waals surface area contributed by atoms with E-state index in [-0.39, 0.29) is 17.5 Å². The zero-order chi connectivity index (χ0) is 19.4. The molecule has 0 bridgehead atoms. The molecule has 0 aromatic heterocycles. The van der Waals surface area contributed by atoms with E-state index in [1.165, 1.54) is 0 Å². The maximum atomic E-state index is 12.9. The van der Waals surface area contributed by atoms with E-state index in [2.05, 4.69) is 25.3 Å². The summed E-state index contributed by atoms with van der Waals surface area (Å²) < 4.78 is 0. The minimum absolute atomic E-state index is 0.0847. The first-order valence-corrected chi connectivity index (χ1v) is 11.0. The third-order valence-corrected chi connectivity index (χ3v) is 6.08. The Bertz CT molecular complexity index is 811. The molecule has 0 atom stereocenters. The molecule has 0 aliphatic heterocycles. The van der Waals surface area contributed by atoms with Crippen LogP contribution >= 0.6 is 11.8 Å². The summed E-state index contributed by atoms with van der Waals surface area (Å²) in [6.45, 7) is 2.07. The normalized spacial score (nSPS) is 20.1. The van der Waals surface area contributed by atoms with E-state index in [0.29, 0.717) is 12.8 Å². The number of thioether (sulfide) groups is 1. The average molecular weight is 382 g/mol. The lowest BCUT2D eigenvalue weighted by atomic mass is 9.74. The first kappa shape index (κ1) is 19.7. The molecule has 27 heavy (non-hydrogen) atoms. The predicted octanol–water partition coefficient (Wildman–Crippen LogP) is 4.88. The van der Waals surface area contributed by atoms with Crippen molar-refractivity contribution in [2.45, 2.75) is 38.5 Å². The van der Waals surface area contributed by atoms with E-state index in [9.17, 15) is 9.59 Å². The molecule has 2 aromatic carbocycles. The second-order valence-corrected chi connectivity index (χ2v) is 8.30. The summed E-state index contributed by atoms with van der Waals surface area (Å²) in [5.74, 6) is 0.782. The lowest BCUT2D eigenvalue weighted by Crippen LogP contribution is -2.32. The molecule has 1 aliphatic rings. The molecule has 0 heterocycles. The van der Waals surface area contributed by atoms with Gasteiger partial charge in [0.1, 0.15) is 17.5 Å². The van der Waals surface area contributed by atoms with Gasteiger partial charge in [-0.2, -0.15) is 11.8 Å². The van der Waals surface area contributed by atoms with E-state index in [1.807, 2.05) is 30.3 Å². The topological polar surface area (TPSA) is 60.2 Å². The molecule has 4 heteroatoms. The van der Waals surface area contributed by atoms with Crippen LogP contribution in [0, 0.1) is 5.92 Å². The van der Waals surface area contributed by atoms with Gasteiger partial charge in [-0.05, 0) is 71.2 Å². The van der Waals surface area contributed by atoms with E-state index < -0.39 is 5.92 Å². The zero-order valence-corrected chi connectivity index (χ0v) is 16.9.